The molecule has 1 aromatic carbocycles. The molecule has 0 saturated carbocycles. The molecule has 0 radical (unpaired) electrons. The van der Waals surface area contributed by atoms with Gasteiger partial charge in [-0.25, -0.2) is 9.59 Å². The van der Waals surface area contributed by atoms with E-state index in [9.17, 15) is 19.2 Å². The van der Waals surface area contributed by atoms with Crippen molar-refractivity contribution in [1.29, 1.82) is 0 Å². The molecule has 0 spiro atoms. The summed E-state index contributed by atoms with van der Waals surface area (Å²) in [6.07, 6.45) is -0.953. The topological polar surface area (TPSA) is 133 Å². The number of aromatic nitrogens is 2. The molecule has 0 unspecified atom stereocenters. The summed E-state index contributed by atoms with van der Waals surface area (Å²) in [5.41, 5.74) is 3.49. The molecule has 0 amide bonds. The molecule has 0 aliphatic rings. The van der Waals surface area contributed by atoms with Gasteiger partial charge in [-0.05, 0) is 19.1 Å². The van der Waals surface area contributed by atoms with E-state index in [4.69, 9.17) is 15.2 Å². The molecular weight excluding hydrogens is 330 g/mol. The summed E-state index contributed by atoms with van der Waals surface area (Å²) in [5.74, 6) is -1.44. The second-order valence-electron chi connectivity index (χ2n) is 5.18. The lowest BCUT2D eigenvalue weighted by molar-refractivity contribution is -0.149. The minimum atomic E-state index is -0.953. The van der Waals surface area contributed by atoms with Crippen LogP contribution < -0.4 is 21.7 Å². The van der Waals surface area contributed by atoms with Crippen molar-refractivity contribution < 1.29 is 19.1 Å². The normalized spacial score (nSPS) is 11.6. The van der Waals surface area contributed by atoms with E-state index in [-0.39, 0.29) is 5.82 Å². The van der Waals surface area contributed by atoms with E-state index in [0.717, 1.165) is 4.57 Å². The van der Waals surface area contributed by atoms with Gasteiger partial charge in [0.1, 0.15) is 17.1 Å². The molecule has 0 aliphatic heterocycles. The minimum Gasteiger partial charge on any atom is -0.479 e. The average molecular weight is 347 g/mol. The van der Waals surface area contributed by atoms with E-state index in [0.29, 0.717) is 5.75 Å². The van der Waals surface area contributed by atoms with Crippen molar-refractivity contribution in [3.05, 3.63) is 56.7 Å². The number of ketones is 1. The van der Waals surface area contributed by atoms with Gasteiger partial charge >= 0.3 is 11.7 Å². The zero-order chi connectivity index (χ0) is 18.6. The van der Waals surface area contributed by atoms with Crippen molar-refractivity contribution >= 4 is 17.6 Å². The van der Waals surface area contributed by atoms with Crippen LogP contribution in [0.1, 0.15) is 17.3 Å². The molecule has 0 fully saturated rings. The maximum atomic E-state index is 12.1. The van der Waals surface area contributed by atoms with E-state index >= 15 is 0 Å². The zero-order valence-corrected chi connectivity index (χ0v) is 13.6. The Hall–Kier alpha value is -3.36. The first-order valence-electron chi connectivity index (χ1n) is 7.31. The molecule has 25 heavy (non-hydrogen) atoms. The highest BCUT2D eigenvalue weighted by molar-refractivity contribution is 6.01. The first kappa shape index (κ1) is 18.0. The number of nitrogens with one attached hydrogen (secondary N) is 1. The minimum absolute atomic E-state index is 0.302. The number of H-pyrrole nitrogens is 1. The quantitative estimate of drug-likeness (QED) is 0.548. The van der Waals surface area contributed by atoms with Crippen LogP contribution in [0.15, 0.2) is 39.9 Å². The van der Waals surface area contributed by atoms with Crippen LogP contribution in [0.3, 0.4) is 0 Å². The molecule has 1 heterocycles. The molecular formula is C16H17N3O6. The fourth-order valence-electron chi connectivity index (χ4n) is 1.98. The van der Waals surface area contributed by atoms with Gasteiger partial charge in [-0.15, -0.1) is 0 Å². The van der Waals surface area contributed by atoms with Crippen LogP contribution >= 0.6 is 0 Å². The average Bonchev–Trinajstić information content (AvgIpc) is 2.58. The second-order valence-corrected chi connectivity index (χ2v) is 5.18. The van der Waals surface area contributed by atoms with Gasteiger partial charge in [0.25, 0.3) is 5.56 Å². The number of Topliss-reactive ketones (excluding diaryl/α,β-unsaturated/α-hetero) is 1. The highest BCUT2D eigenvalue weighted by Gasteiger charge is 2.22. The van der Waals surface area contributed by atoms with Gasteiger partial charge in [-0.2, -0.15) is 0 Å². The molecule has 2 rings (SSSR count). The number of anilines is 1. The maximum Gasteiger partial charge on any atom is 0.347 e. The van der Waals surface area contributed by atoms with Crippen LogP contribution in [-0.4, -0.2) is 34.0 Å². The third kappa shape index (κ3) is 4.14. The third-order valence-electron chi connectivity index (χ3n) is 3.38. The number of esters is 1. The highest BCUT2D eigenvalue weighted by atomic mass is 16.6. The molecule has 1 atom stereocenters. The summed E-state index contributed by atoms with van der Waals surface area (Å²) in [4.78, 5) is 49.1. The standard InChI is InChI=1S/C16H17N3O6/c1-9(25-10-6-4-3-5-7-10)15(22)24-8-11(20)12-13(17)19(2)16(23)18-14(12)21/h3-7,9H,8,17H2,1-2H3,(H,18,21,23)/t9-/m1/s1. The van der Waals surface area contributed by atoms with Crippen LogP contribution in [0, 0.1) is 0 Å². The van der Waals surface area contributed by atoms with Gasteiger partial charge in [0.05, 0.1) is 0 Å². The monoisotopic (exact) mass is 347 g/mol. The number of benzene rings is 1. The van der Waals surface area contributed by atoms with Gasteiger partial charge in [0.2, 0.25) is 5.78 Å². The van der Waals surface area contributed by atoms with Crippen molar-refractivity contribution in [2.24, 2.45) is 7.05 Å². The summed E-state index contributed by atoms with van der Waals surface area (Å²) in [5, 5.41) is 0. The Balaban J connectivity index is 2.03. The first-order chi connectivity index (χ1) is 11.8. The SMILES string of the molecule is C[C@@H](Oc1ccccc1)C(=O)OCC(=O)c1c(N)n(C)c(=O)[nH]c1=O. The number of nitrogens with two attached hydrogens (primary N) is 1. The molecule has 0 aliphatic carbocycles. The van der Waals surface area contributed by atoms with E-state index in [1.165, 1.54) is 14.0 Å². The van der Waals surface area contributed by atoms with Crippen LogP contribution in [0.4, 0.5) is 5.82 Å². The number of carbonyl (C=O) groups excluding carboxylic acids is 2. The molecule has 0 saturated heterocycles. The first-order valence-corrected chi connectivity index (χ1v) is 7.31. The van der Waals surface area contributed by atoms with Crippen molar-refractivity contribution in [3.63, 3.8) is 0 Å². The lowest BCUT2D eigenvalue weighted by Gasteiger charge is -2.14. The second kappa shape index (κ2) is 7.47. The molecule has 3 N–H and O–H groups in total. The number of ether oxygens (including phenoxy) is 2. The Morgan fingerprint density at radius 2 is 1.88 bits per heavy atom. The number of para-hydroxylation sites is 1. The molecule has 9 nitrogen and oxygen atoms in total. The summed E-state index contributed by atoms with van der Waals surface area (Å²) in [7, 11) is 1.30. The lowest BCUT2D eigenvalue weighted by atomic mass is 10.2. The van der Waals surface area contributed by atoms with Crippen LogP contribution in [0.5, 0.6) is 5.75 Å². The molecule has 1 aromatic heterocycles. The number of nitrogen functional groups attached to an aromatic ring is 1. The summed E-state index contributed by atoms with van der Waals surface area (Å²) in [6, 6.07) is 8.61. The molecule has 9 heteroatoms. The Bertz CT molecular complexity index is 900. The van der Waals surface area contributed by atoms with Crippen molar-refractivity contribution in [2.75, 3.05) is 12.3 Å². The Labute approximate surface area is 142 Å². The number of hydrogen-bond donors (Lipinski definition) is 2. The predicted molar refractivity (Wildman–Crippen MR) is 88.5 cm³/mol. The third-order valence-corrected chi connectivity index (χ3v) is 3.38. The van der Waals surface area contributed by atoms with E-state index in [2.05, 4.69) is 0 Å². The summed E-state index contributed by atoms with van der Waals surface area (Å²) in [6.45, 7) is 0.764. The smallest absolute Gasteiger partial charge is 0.347 e. The van der Waals surface area contributed by atoms with Crippen LogP contribution in [0.25, 0.3) is 0 Å². The number of aromatic amines is 1. The van der Waals surface area contributed by atoms with Crippen molar-refractivity contribution in [1.82, 2.24) is 9.55 Å². The van der Waals surface area contributed by atoms with E-state index in [1.54, 1.807) is 30.3 Å². The van der Waals surface area contributed by atoms with Gasteiger partial charge in [0.15, 0.2) is 12.7 Å². The van der Waals surface area contributed by atoms with Gasteiger partial charge in [-0.3, -0.25) is 19.1 Å². The van der Waals surface area contributed by atoms with Crippen LogP contribution in [-0.2, 0) is 16.6 Å². The van der Waals surface area contributed by atoms with Gasteiger partial charge < -0.3 is 15.2 Å². The molecule has 0 bridgehead atoms. The molecule has 132 valence electrons. The lowest BCUT2D eigenvalue weighted by Crippen LogP contribution is -2.36. The number of hydrogen-bond acceptors (Lipinski definition) is 7. The number of carbonyl (C=O) groups is 2. The predicted octanol–water partition coefficient (Wildman–Crippen LogP) is -0.151. The largest absolute Gasteiger partial charge is 0.479 e. The number of rotatable bonds is 6. The Morgan fingerprint density at radius 3 is 2.52 bits per heavy atom. The maximum absolute atomic E-state index is 12.1. The van der Waals surface area contributed by atoms with Crippen molar-refractivity contribution in [3.8, 4) is 5.75 Å². The summed E-state index contributed by atoms with van der Waals surface area (Å²) >= 11 is 0. The van der Waals surface area contributed by atoms with Crippen LogP contribution in [0.2, 0.25) is 0 Å². The fraction of sp³-hybridized carbons (Fsp3) is 0.250. The van der Waals surface area contributed by atoms with E-state index < -0.39 is 41.3 Å². The van der Waals surface area contributed by atoms with E-state index in [1.807, 2.05) is 4.98 Å². The number of nitrogens with zero attached hydrogens (tertiary/aromatic N) is 1. The summed E-state index contributed by atoms with van der Waals surface area (Å²) < 4.78 is 11.1. The van der Waals surface area contributed by atoms with Gasteiger partial charge in [0, 0.05) is 7.05 Å². The Kier molecular flexibility index (Phi) is 5.38. The fourth-order valence-corrected chi connectivity index (χ4v) is 1.98. The van der Waals surface area contributed by atoms with Crippen molar-refractivity contribution in [2.45, 2.75) is 13.0 Å². The highest BCUT2D eigenvalue weighted by Crippen LogP contribution is 2.11. The van der Waals surface area contributed by atoms with Gasteiger partial charge in [-0.1, -0.05) is 18.2 Å². The zero-order valence-electron chi connectivity index (χ0n) is 13.6. The molecule has 2 aromatic rings. The Morgan fingerprint density at radius 1 is 1.24 bits per heavy atom.